The summed E-state index contributed by atoms with van der Waals surface area (Å²) in [5.74, 6) is -2.08. The number of amides is 2. The lowest BCUT2D eigenvalue weighted by Crippen LogP contribution is -2.48. The summed E-state index contributed by atoms with van der Waals surface area (Å²) in [4.78, 5) is 37.4. The Labute approximate surface area is 236 Å². The zero-order valence-electron chi connectivity index (χ0n) is 22.3. The van der Waals surface area contributed by atoms with Gasteiger partial charge in [-0.3, -0.25) is 4.79 Å². The molecule has 3 N–H and O–H groups in total. The summed E-state index contributed by atoms with van der Waals surface area (Å²) in [6, 6.07) is 24.0. The molecule has 4 aromatic rings. The van der Waals surface area contributed by atoms with Crippen LogP contribution in [0.15, 0.2) is 89.6 Å². The first-order chi connectivity index (χ1) is 19.9. The molecule has 41 heavy (non-hydrogen) atoms. The number of hydrogen-bond donors (Lipinski definition) is 3. The van der Waals surface area contributed by atoms with E-state index in [1.54, 1.807) is 6.92 Å². The maximum atomic E-state index is 12.9. The molecule has 1 aliphatic rings. The number of nitrogens with zero attached hydrogens (tertiary/aromatic N) is 1. The smallest absolute Gasteiger partial charge is 0.407 e. The van der Waals surface area contributed by atoms with Gasteiger partial charge in [-0.2, -0.15) is 0 Å². The standard InChI is InChI=1S/C31H29N3O7/c1-19(39-16-20-9-3-2-4-10-20)28(30(36)37)33-29(35)26-18-41-34-27(26)15-32-31(38)40-17-25-23-13-7-5-11-21(23)22-12-6-8-14-24(22)25/h2-14,18-19,25,28H,15-17H2,1H3,(H,32,38)(H,33,35)(H,36,37). The van der Waals surface area contributed by atoms with Crippen molar-refractivity contribution in [2.24, 2.45) is 0 Å². The summed E-state index contributed by atoms with van der Waals surface area (Å²) in [6.45, 7) is 1.72. The van der Waals surface area contributed by atoms with Crippen molar-refractivity contribution in [1.29, 1.82) is 0 Å². The second kappa shape index (κ2) is 12.5. The molecule has 2 atom stereocenters. The molecule has 0 radical (unpaired) electrons. The van der Waals surface area contributed by atoms with Gasteiger partial charge in [-0.15, -0.1) is 0 Å². The van der Waals surface area contributed by atoms with Gasteiger partial charge in [0.05, 0.1) is 19.3 Å². The van der Waals surface area contributed by atoms with Crippen LogP contribution in [0.2, 0.25) is 0 Å². The van der Waals surface area contributed by atoms with E-state index in [4.69, 9.17) is 14.0 Å². The van der Waals surface area contributed by atoms with Gasteiger partial charge in [0.2, 0.25) is 0 Å². The van der Waals surface area contributed by atoms with Crippen LogP contribution in [0.1, 0.15) is 45.6 Å². The van der Waals surface area contributed by atoms with Gasteiger partial charge >= 0.3 is 12.1 Å². The van der Waals surface area contributed by atoms with E-state index in [0.717, 1.165) is 34.1 Å². The number of carbonyl (C=O) groups is 3. The van der Waals surface area contributed by atoms with Crippen LogP contribution in [0.3, 0.4) is 0 Å². The zero-order valence-corrected chi connectivity index (χ0v) is 22.3. The number of carboxylic acid groups (broad SMARTS) is 1. The highest BCUT2D eigenvalue weighted by Crippen LogP contribution is 2.44. The molecule has 2 amide bonds. The van der Waals surface area contributed by atoms with E-state index in [1.807, 2.05) is 66.7 Å². The van der Waals surface area contributed by atoms with Crippen molar-refractivity contribution in [3.8, 4) is 11.1 Å². The number of rotatable bonds is 11. The van der Waals surface area contributed by atoms with E-state index < -0.39 is 30.1 Å². The highest BCUT2D eigenvalue weighted by atomic mass is 16.5. The summed E-state index contributed by atoms with van der Waals surface area (Å²) < 4.78 is 16.2. The average Bonchev–Trinajstić information content (AvgIpc) is 3.59. The lowest BCUT2D eigenvalue weighted by atomic mass is 9.98. The van der Waals surface area contributed by atoms with Crippen LogP contribution in [0, 0.1) is 0 Å². The third-order valence-corrected chi connectivity index (χ3v) is 7.01. The minimum Gasteiger partial charge on any atom is -0.480 e. The van der Waals surface area contributed by atoms with E-state index in [1.165, 1.54) is 0 Å². The minimum absolute atomic E-state index is 0.00884. The Morgan fingerprint density at radius 3 is 2.24 bits per heavy atom. The van der Waals surface area contributed by atoms with Crippen molar-refractivity contribution in [1.82, 2.24) is 15.8 Å². The van der Waals surface area contributed by atoms with Crippen molar-refractivity contribution in [2.75, 3.05) is 6.61 Å². The Bertz CT molecular complexity index is 1490. The van der Waals surface area contributed by atoms with Crippen LogP contribution in [0.5, 0.6) is 0 Å². The highest BCUT2D eigenvalue weighted by Gasteiger charge is 2.31. The highest BCUT2D eigenvalue weighted by molar-refractivity contribution is 5.97. The Morgan fingerprint density at radius 2 is 1.59 bits per heavy atom. The number of carbonyl (C=O) groups excluding carboxylic acids is 2. The van der Waals surface area contributed by atoms with E-state index in [2.05, 4.69) is 27.9 Å². The van der Waals surface area contributed by atoms with Gasteiger partial charge in [-0.1, -0.05) is 84.0 Å². The Kier molecular flexibility index (Phi) is 8.40. The summed E-state index contributed by atoms with van der Waals surface area (Å²) >= 11 is 0. The van der Waals surface area contributed by atoms with Crippen LogP contribution < -0.4 is 10.6 Å². The second-order valence-electron chi connectivity index (χ2n) is 9.65. The molecular formula is C31H29N3O7. The molecular weight excluding hydrogens is 526 g/mol. The summed E-state index contributed by atoms with van der Waals surface area (Å²) in [5, 5.41) is 18.5. The van der Waals surface area contributed by atoms with Crippen LogP contribution in [-0.4, -0.2) is 47.0 Å². The fraction of sp³-hybridized carbons (Fsp3) is 0.226. The summed E-state index contributed by atoms with van der Waals surface area (Å²) in [6.07, 6.45) is -0.426. The monoisotopic (exact) mass is 555 g/mol. The van der Waals surface area contributed by atoms with Gasteiger partial charge < -0.3 is 29.7 Å². The Morgan fingerprint density at radius 1 is 0.951 bits per heavy atom. The molecule has 0 saturated carbocycles. The maximum absolute atomic E-state index is 12.9. The molecule has 1 heterocycles. The van der Waals surface area contributed by atoms with Crippen LogP contribution in [-0.2, 0) is 27.4 Å². The maximum Gasteiger partial charge on any atom is 0.407 e. The Balaban J connectivity index is 1.15. The number of benzene rings is 3. The summed E-state index contributed by atoms with van der Waals surface area (Å²) in [7, 11) is 0. The average molecular weight is 556 g/mol. The van der Waals surface area contributed by atoms with E-state index in [-0.39, 0.29) is 36.9 Å². The van der Waals surface area contributed by atoms with Crippen molar-refractivity contribution in [3.63, 3.8) is 0 Å². The molecule has 1 aromatic heterocycles. The molecule has 210 valence electrons. The van der Waals surface area contributed by atoms with E-state index >= 15 is 0 Å². The number of carboxylic acids is 1. The number of hydrogen-bond acceptors (Lipinski definition) is 7. The number of aliphatic carboxylic acids is 1. The lowest BCUT2D eigenvalue weighted by Gasteiger charge is -2.22. The number of fused-ring (bicyclic) bond motifs is 3. The molecule has 10 nitrogen and oxygen atoms in total. The molecule has 0 bridgehead atoms. The minimum atomic E-state index is -1.33. The molecule has 0 saturated heterocycles. The van der Waals surface area contributed by atoms with Crippen molar-refractivity contribution in [3.05, 3.63) is 113 Å². The van der Waals surface area contributed by atoms with Gasteiger partial charge in [-0.25, -0.2) is 9.59 Å². The van der Waals surface area contributed by atoms with Crippen LogP contribution >= 0.6 is 0 Å². The number of alkyl carbamates (subject to hydrolysis) is 1. The zero-order chi connectivity index (χ0) is 28.8. The van der Waals surface area contributed by atoms with E-state index in [9.17, 15) is 19.5 Å². The van der Waals surface area contributed by atoms with Crippen molar-refractivity contribution >= 4 is 18.0 Å². The van der Waals surface area contributed by atoms with Gasteiger partial charge in [0.25, 0.3) is 5.91 Å². The molecule has 0 aliphatic heterocycles. The topological polar surface area (TPSA) is 140 Å². The fourth-order valence-electron chi connectivity index (χ4n) is 4.87. The van der Waals surface area contributed by atoms with Crippen LogP contribution in [0.25, 0.3) is 11.1 Å². The third kappa shape index (κ3) is 6.28. The van der Waals surface area contributed by atoms with Gasteiger partial charge in [0.15, 0.2) is 6.04 Å². The number of ether oxygens (including phenoxy) is 2. The second-order valence-corrected chi connectivity index (χ2v) is 9.65. The third-order valence-electron chi connectivity index (χ3n) is 7.01. The van der Waals surface area contributed by atoms with Gasteiger partial charge in [0, 0.05) is 5.92 Å². The largest absolute Gasteiger partial charge is 0.480 e. The van der Waals surface area contributed by atoms with Crippen LogP contribution in [0.4, 0.5) is 4.79 Å². The SMILES string of the molecule is CC(OCc1ccccc1)C(NC(=O)c1conc1CNC(=O)OCC1c2ccccc2-c2ccccc21)C(=O)O. The number of aromatic nitrogens is 1. The molecule has 0 fully saturated rings. The number of nitrogens with one attached hydrogen (secondary N) is 2. The fourth-order valence-corrected chi connectivity index (χ4v) is 4.87. The van der Waals surface area contributed by atoms with Gasteiger partial charge in [0.1, 0.15) is 24.1 Å². The van der Waals surface area contributed by atoms with Gasteiger partial charge in [-0.05, 0) is 34.7 Å². The molecule has 5 rings (SSSR count). The summed E-state index contributed by atoms with van der Waals surface area (Å²) in [5.41, 5.74) is 5.40. The lowest BCUT2D eigenvalue weighted by molar-refractivity contribution is -0.143. The first-order valence-corrected chi connectivity index (χ1v) is 13.1. The predicted octanol–water partition coefficient (Wildman–Crippen LogP) is 4.50. The molecule has 0 spiro atoms. The molecule has 2 unspecified atom stereocenters. The quantitative estimate of drug-likeness (QED) is 0.246. The molecule has 3 aromatic carbocycles. The normalized spacial score (nSPS) is 13.5. The Hall–Kier alpha value is -4.96. The first-order valence-electron chi connectivity index (χ1n) is 13.1. The van der Waals surface area contributed by atoms with Crippen molar-refractivity contribution < 1.29 is 33.5 Å². The molecule has 10 heteroatoms. The van der Waals surface area contributed by atoms with E-state index in [0.29, 0.717) is 0 Å². The predicted molar refractivity (Wildman–Crippen MR) is 148 cm³/mol. The molecule has 1 aliphatic carbocycles. The first kappa shape index (κ1) is 27.6. The van der Waals surface area contributed by atoms with Crippen molar-refractivity contribution in [2.45, 2.75) is 38.1 Å².